The largest absolute Gasteiger partial charge is 0.481 e. The van der Waals surface area contributed by atoms with E-state index in [0.29, 0.717) is 0 Å². The molecular formula is C30H29NO7. The van der Waals surface area contributed by atoms with Gasteiger partial charge >= 0.3 is 18.0 Å². The molecule has 0 heterocycles. The normalized spacial score (nSPS) is 13.3. The number of carbonyl (C=O) groups is 4. The van der Waals surface area contributed by atoms with Crippen molar-refractivity contribution in [1.82, 2.24) is 5.32 Å². The number of hydrogen-bond acceptors (Lipinski definition) is 6. The Morgan fingerprint density at radius 3 is 2.00 bits per heavy atom. The van der Waals surface area contributed by atoms with Crippen LogP contribution in [0.1, 0.15) is 46.6 Å². The van der Waals surface area contributed by atoms with Gasteiger partial charge < -0.3 is 19.9 Å². The van der Waals surface area contributed by atoms with Gasteiger partial charge in [-0.1, -0.05) is 78.9 Å². The SMILES string of the molecule is O=C(O)CC(NC(=O)OCc1ccccc1)C(=O)COC(=O)CC1c2ccccc2CCc2ccccc21. The van der Waals surface area contributed by atoms with Crippen molar-refractivity contribution >= 4 is 23.8 Å². The van der Waals surface area contributed by atoms with Crippen LogP contribution < -0.4 is 5.32 Å². The molecule has 1 aliphatic rings. The third-order valence-corrected chi connectivity index (χ3v) is 6.54. The lowest BCUT2D eigenvalue weighted by Crippen LogP contribution is -2.44. The van der Waals surface area contributed by atoms with Gasteiger partial charge in [0.2, 0.25) is 0 Å². The van der Waals surface area contributed by atoms with Gasteiger partial charge in [-0.3, -0.25) is 14.4 Å². The lowest BCUT2D eigenvalue weighted by molar-refractivity contribution is -0.149. The number of esters is 1. The zero-order chi connectivity index (χ0) is 26.9. The molecule has 8 nitrogen and oxygen atoms in total. The molecule has 1 unspecified atom stereocenters. The van der Waals surface area contributed by atoms with Crippen LogP contribution in [0.3, 0.4) is 0 Å². The summed E-state index contributed by atoms with van der Waals surface area (Å²) in [5, 5.41) is 11.5. The van der Waals surface area contributed by atoms with E-state index in [1.165, 1.54) is 0 Å². The minimum Gasteiger partial charge on any atom is -0.481 e. The fourth-order valence-electron chi connectivity index (χ4n) is 4.67. The second-order valence-corrected chi connectivity index (χ2v) is 9.14. The molecule has 0 aliphatic heterocycles. The number of aliphatic carboxylic acids is 1. The van der Waals surface area contributed by atoms with Crippen LogP contribution in [0.25, 0.3) is 0 Å². The molecule has 0 bridgehead atoms. The van der Waals surface area contributed by atoms with E-state index >= 15 is 0 Å². The van der Waals surface area contributed by atoms with Crippen LogP contribution in [0.5, 0.6) is 0 Å². The van der Waals surface area contributed by atoms with Crippen LogP contribution in [0.4, 0.5) is 4.79 Å². The molecule has 0 aromatic heterocycles. The molecule has 3 aromatic carbocycles. The van der Waals surface area contributed by atoms with E-state index in [1.54, 1.807) is 24.3 Å². The van der Waals surface area contributed by atoms with Gasteiger partial charge in [-0.25, -0.2) is 4.79 Å². The Balaban J connectivity index is 1.37. The van der Waals surface area contributed by atoms with Crippen LogP contribution >= 0.6 is 0 Å². The maximum Gasteiger partial charge on any atom is 0.408 e. The Kier molecular flexibility index (Phi) is 8.87. The van der Waals surface area contributed by atoms with E-state index in [9.17, 15) is 24.3 Å². The van der Waals surface area contributed by atoms with Gasteiger partial charge in [0.25, 0.3) is 0 Å². The number of aryl methyl sites for hydroxylation is 2. The van der Waals surface area contributed by atoms with Gasteiger partial charge in [-0.2, -0.15) is 0 Å². The standard InChI is InChI=1S/C30H29NO7/c32-27(26(17-28(33)34)31-30(36)38-18-20-8-2-1-3-9-20)19-37-29(35)16-25-23-12-6-4-10-21(23)14-15-22-11-5-7-13-24(22)25/h1-13,25-26H,14-19H2,(H,31,36)(H,33,34). The van der Waals surface area contributed by atoms with Crippen molar-refractivity contribution in [3.63, 3.8) is 0 Å². The highest BCUT2D eigenvalue weighted by atomic mass is 16.5. The summed E-state index contributed by atoms with van der Waals surface area (Å²) in [7, 11) is 0. The molecule has 0 fully saturated rings. The second kappa shape index (κ2) is 12.7. The fraction of sp³-hybridized carbons (Fsp3) is 0.267. The molecule has 38 heavy (non-hydrogen) atoms. The summed E-state index contributed by atoms with van der Waals surface area (Å²) in [6.45, 7) is -0.703. The first-order chi connectivity index (χ1) is 18.4. The topological polar surface area (TPSA) is 119 Å². The molecule has 8 heteroatoms. The molecule has 0 saturated heterocycles. The van der Waals surface area contributed by atoms with E-state index in [-0.39, 0.29) is 18.9 Å². The van der Waals surface area contributed by atoms with Crippen LogP contribution in [0.15, 0.2) is 78.9 Å². The number of ether oxygens (including phenoxy) is 2. The zero-order valence-electron chi connectivity index (χ0n) is 20.8. The number of Topliss-reactive ketones (excluding diaryl/α,β-unsaturated/α-hetero) is 1. The number of amides is 1. The number of fused-ring (bicyclic) bond motifs is 2. The number of rotatable bonds is 10. The maximum absolute atomic E-state index is 12.9. The Bertz CT molecular complexity index is 1260. The third kappa shape index (κ3) is 7.06. The van der Waals surface area contributed by atoms with Crippen molar-refractivity contribution in [3.8, 4) is 0 Å². The highest BCUT2D eigenvalue weighted by Gasteiger charge is 2.28. The van der Waals surface area contributed by atoms with Crippen molar-refractivity contribution in [2.75, 3.05) is 6.61 Å². The quantitative estimate of drug-likeness (QED) is 0.389. The molecule has 1 aliphatic carbocycles. The molecule has 3 aromatic rings. The number of nitrogens with one attached hydrogen (secondary N) is 1. The zero-order valence-corrected chi connectivity index (χ0v) is 20.8. The third-order valence-electron chi connectivity index (χ3n) is 6.54. The van der Waals surface area contributed by atoms with E-state index in [1.807, 2.05) is 42.5 Å². The summed E-state index contributed by atoms with van der Waals surface area (Å²) in [4.78, 5) is 49.1. The van der Waals surface area contributed by atoms with Crippen molar-refractivity contribution < 1.29 is 33.8 Å². The minimum absolute atomic E-state index is 0.0252. The summed E-state index contributed by atoms with van der Waals surface area (Å²) in [6, 6.07) is 23.5. The molecule has 4 rings (SSSR count). The number of hydrogen-bond donors (Lipinski definition) is 2. The molecule has 1 amide bonds. The number of carboxylic acid groups (broad SMARTS) is 1. The van der Waals surface area contributed by atoms with Crippen LogP contribution in [0.2, 0.25) is 0 Å². The number of ketones is 1. The average molecular weight is 516 g/mol. The van der Waals surface area contributed by atoms with E-state index in [0.717, 1.165) is 40.7 Å². The van der Waals surface area contributed by atoms with Gasteiger partial charge in [-0.05, 0) is 40.7 Å². The Hall–Kier alpha value is -4.46. The second-order valence-electron chi connectivity index (χ2n) is 9.14. The lowest BCUT2D eigenvalue weighted by atomic mass is 9.86. The van der Waals surface area contributed by atoms with Gasteiger partial charge in [0.15, 0.2) is 12.4 Å². The first-order valence-corrected chi connectivity index (χ1v) is 12.4. The molecule has 1 atom stereocenters. The monoisotopic (exact) mass is 515 g/mol. The van der Waals surface area contributed by atoms with Gasteiger partial charge in [0, 0.05) is 5.92 Å². The summed E-state index contributed by atoms with van der Waals surface area (Å²) in [6.07, 6.45) is 0.143. The predicted octanol–water partition coefficient (Wildman–Crippen LogP) is 4.19. The van der Waals surface area contributed by atoms with E-state index < -0.39 is 42.9 Å². The maximum atomic E-state index is 12.9. The van der Waals surface area contributed by atoms with Gasteiger partial charge in [-0.15, -0.1) is 0 Å². The number of alkyl carbamates (subject to hydrolysis) is 1. The summed E-state index contributed by atoms with van der Waals surface area (Å²) in [5.74, 6) is -2.84. The first-order valence-electron chi connectivity index (χ1n) is 12.4. The van der Waals surface area contributed by atoms with E-state index in [4.69, 9.17) is 9.47 Å². The molecule has 0 spiro atoms. The van der Waals surface area contributed by atoms with Crippen molar-refractivity contribution in [1.29, 1.82) is 0 Å². The highest BCUT2D eigenvalue weighted by Crippen LogP contribution is 2.36. The van der Waals surface area contributed by atoms with Gasteiger partial charge in [0.1, 0.15) is 12.6 Å². The smallest absolute Gasteiger partial charge is 0.408 e. The molecule has 0 saturated carbocycles. The average Bonchev–Trinajstić information content (AvgIpc) is 3.08. The molecule has 2 N–H and O–H groups in total. The van der Waals surface area contributed by atoms with E-state index in [2.05, 4.69) is 17.4 Å². The highest BCUT2D eigenvalue weighted by molar-refractivity contribution is 5.92. The number of carboxylic acids is 1. The van der Waals surface area contributed by atoms with Crippen LogP contribution in [0, 0.1) is 0 Å². The van der Waals surface area contributed by atoms with Crippen molar-refractivity contribution in [3.05, 3.63) is 107 Å². The fourth-order valence-corrected chi connectivity index (χ4v) is 4.67. The summed E-state index contributed by atoms with van der Waals surface area (Å²) < 4.78 is 10.4. The Morgan fingerprint density at radius 2 is 1.39 bits per heavy atom. The predicted molar refractivity (Wildman–Crippen MR) is 139 cm³/mol. The summed E-state index contributed by atoms with van der Waals surface area (Å²) in [5.41, 5.74) is 5.16. The number of carbonyl (C=O) groups excluding carboxylic acids is 3. The van der Waals surface area contributed by atoms with Crippen LogP contribution in [-0.2, 0) is 43.3 Å². The molecule has 0 radical (unpaired) electrons. The Morgan fingerprint density at radius 1 is 0.816 bits per heavy atom. The Labute approximate surface area is 220 Å². The minimum atomic E-state index is -1.40. The molecular weight excluding hydrogens is 486 g/mol. The molecule has 196 valence electrons. The lowest BCUT2D eigenvalue weighted by Gasteiger charge is -2.20. The van der Waals surface area contributed by atoms with Crippen molar-refractivity contribution in [2.24, 2.45) is 0 Å². The van der Waals surface area contributed by atoms with Crippen LogP contribution in [-0.4, -0.2) is 41.6 Å². The first kappa shape index (κ1) is 26.6. The summed E-state index contributed by atoms with van der Waals surface area (Å²) >= 11 is 0. The van der Waals surface area contributed by atoms with Gasteiger partial charge in [0.05, 0.1) is 12.8 Å². The van der Waals surface area contributed by atoms with Crippen molar-refractivity contribution in [2.45, 2.75) is 44.2 Å². The number of benzene rings is 3.